The minimum atomic E-state index is -0.956. The van der Waals surface area contributed by atoms with Crippen molar-refractivity contribution in [2.75, 3.05) is 13.7 Å². The molecule has 0 amide bonds. The maximum absolute atomic E-state index is 11.9. The Labute approximate surface area is 341 Å². The van der Waals surface area contributed by atoms with Crippen LogP contribution in [-0.4, -0.2) is 45.4 Å². The molecule has 0 fully saturated rings. The number of aryl methyl sites for hydroxylation is 1. The molecule has 3 heterocycles. The number of aromatic nitrogens is 3. The van der Waals surface area contributed by atoms with E-state index in [0.717, 1.165) is 61.0 Å². The highest BCUT2D eigenvalue weighted by molar-refractivity contribution is 5.86. The number of aliphatic carboxylic acids is 1. The van der Waals surface area contributed by atoms with Gasteiger partial charge in [-0.3, -0.25) is 21.5 Å². The van der Waals surface area contributed by atoms with Gasteiger partial charge in [-0.1, -0.05) is 168 Å². The zero-order valence-corrected chi connectivity index (χ0v) is 33.7. The summed E-state index contributed by atoms with van der Waals surface area (Å²) >= 11 is 0. The van der Waals surface area contributed by atoms with Crippen LogP contribution in [0.3, 0.4) is 0 Å². The van der Waals surface area contributed by atoms with Gasteiger partial charge in [0.05, 0.1) is 12.5 Å². The lowest BCUT2D eigenvalue weighted by molar-refractivity contribution is -0.142. The molecule has 57 heavy (non-hydrogen) atoms. The Morgan fingerprint density at radius 2 is 1.11 bits per heavy atom. The quantitative estimate of drug-likeness (QED) is 0.105. The molecule has 1 aromatic heterocycles. The van der Waals surface area contributed by atoms with Crippen molar-refractivity contribution < 1.29 is 14.6 Å². The topological polar surface area (TPSA) is 142 Å². The van der Waals surface area contributed by atoms with Gasteiger partial charge in [0.2, 0.25) is 0 Å². The van der Waals surface area contributed by atoms with E-state index in [1.807, 2.05) is 67.6 Å². The Morgan fingerprint density at radius 1 is 0.649 bits per heavy atom. The fourth-order valence-electron chi connectivity index (χ4n) is 8.02. The SMILES string of the molecule is C.CCC(C(=O)O)(c1ccccc1)c1ccccc1.CCC(c1ccccc1)(c1ccccc1)c1nnc2n1CCCCCC2.COC1=NCCCCCC1.NN. The van der Waals surface area contributed by atoms with Gasteiger partial charge < -0.3 is 14.4 Å². The average molecular weight is 775 g/mol. The van der Waals surface area contributed by atoms with Gasteiger partial charge in [0.15, 0.2) is 5.90 Å². The molecule has 2 aliphatic rings. The molecule has 0 atom stereocenters. The largest absolute Gasteiger partial charge is 0.484 e. The van der Waals surface area contributed by atoms with Gasteiger partial charge in [-0.2, -0.15) is 0 Å². The Balaban J connectivity index is 0.000000244. The van der Waals surface area contributed by atoms with Crippen molar-refractivity contribution >= 4 is 11.9 Å². The number of hydrogen-bond donors (Lipinski definition) is 3. The lowest BCUT2D eigenvalue weighted by Crippen LogP contribution is -2.36. The molecule has 9 heteroatoms. The summed E-state index contributed by atoms with van der Waals surface area (Å²) in [5.41, 5.74) is 3.03. The molecule has 0 aliphatic carbocycles. The number of carboxylic acids is 1. The van der Waals surface area contributed by atoms with E-state index in [4.69, 9.17) is 9.84 Å². The Bertz CT molecular complexity index is 1780. The standard InChI is InChI=1S/C23H27N3.C16H16O2.C8H15NO.CH4.H4N2/c1-2-23(19-13-7-5-8-14-19,20-15-9-6-10-16-20)22-25-24-21-17-11-3-4-12-18-26(21)22;1-2-16(15(17)18,13-9-5-3-6-10-13)14-11-7-4-8-12-14;1-10-8-6-4-2-3-5-7-9-8;;1-2/h5-10,13-16H,2-4,11-12,17-18H2,1H3;3-12H,2H2,1H3,(H,17,18);2-7H2,1H3;1H4;1-2H2. The number of rotatable bonds is 8. The van der Waals surface area contributed by atoms with Crippen LogP contribution in [0.15, 0.2) is 126 Å². The van der Waals surface area contributed by atoms with E-state index in [1.54, 1.807) is 7.11 Å². The summed E-state index contributed by atoms with van der Waals surface area (Å²) in [7, 11) is 1.71. The highest BCUT2D eigenvalue weighted by Gasteiger charge is 2.41. The van der Waals surface area contributed by atoms with E-state index >= 15 is 0 Å². The van der Waals surface area contributed by atoms with Crippen LogP contribution in [0.2, 0.25) is 0 Å². The van der Waals surface area contributed by atoms with Crippen LogP contribution in [0.1, 0.15) is 126 Å². The van der Waals surface area contributed by atoms with Crippen LogP contribution in [0.5, 0.6) is 0 Å². The Kier molecular flexibility index (Phi) is 19.9. The molecule has 306 valence electrons. The van der Waals surface area contributed by atoms with Crippen LogP contribution >= 0.6 is 0 Å². The normalized spacial score (nSPS) is 14.2. The summed E-state index contributed by atoms with van der Waals surface area (Å²) in [6, 6.07) is 40.5. The maximum Gasteiger partial charge on any atom is 0.318 e. The molecule has 7 rings (SSSR count). The number of nitrogens with two attached hydrogens (primary N) is 2. The highest BCUT2D eigenvalue weighted by Crippen LogP contribution is 2.42. The molecular weight excluding hydrogens is 709 g/mol. The zero-order valence-electron chi connectivity index (χ0n) is 33.7. The van der Waals surface area contributed by atoms with Crippen LogP contribution in [0, 0.1) is 0 Å². The number of carboxylic acid groups (broad SMARTS) is 1. The zero-order chi connectivity index (χ0) is 40.1. The molecule has 0 saturated heterocycles. The average Bonchev–Trinajstić information content (AvgIpc) is 3.62. The minimum Gasteiger partial charge on any atom is -0.484 e. The predicted molar refractivity (Wildman–Crippen MR) is 234 cm³/mol. The summed E-state index contributed by atoms with van der Waals surface area (Å²) in [6.45, 7) is 6.17. The van der Waals surface area contributed by atoms with Crippen molar-refractivity contribution in [2.24, 2.45) is 16.7 Å². The molecule has 0 spiro atoms. The van der Waals surface area contributed by atoms with Gasteiger partial charge in [-0.25, -0.2) is 0 Å². The number of aliphatic imine (C=N–C) groups is 1. The molecule has 0 unspecified atom stereocenters. The fraction of sp³-hybridized carbons (Fsp3) is 0.417. The van der Waals surface area contributed by atoms with Crippen molar-refractivity contribution in [1.82, 2.24) is 14.8 Å². The van der Waals surface area contributed by atoms with E-state index in [-0.39, 0.29) is 12.8 Å². The van der Waals surface area contributed by atoms with Crippen molar-refractivity contribution in [3.05, 3.63) is 155 Å². The molecule has 4 aromatic carbocycles. The Hall–Kier alpha value is -5.12. The number of benzene rings is 4. The predicted octanol–water partition coefficient (Wildman–Crippen LogP) is 10.1. The third kappa shape index (κ3) is 11.5. The van der Waals surface area contributed by atoms with Gasteiger partial charge in [-0.05, 0) is 60.8 Å². The second-order valence-electron chi connectivity index (χ2n) is 14.2. The van der Waals surface area contributed by atoms with Crippen molar-refractivity contribution in [1.29, 1.82) is 0 Å². The van der Waals surface area contributed by atoms with Gasteiger partial charge in [-0.15, -0.1) is 10.2 Å². The summed E-state index contributed by atoms with van der Waals surface area (Å²) in [6.07, 6.45) is 13.7. The Morgan fingerprint density at radius 3 is 1.56 bits per heavy atom. The maximum atomic E-state index is 11.9. The molecule has 0 radical (unpaired) electrons. The number of fused-ring (bicyclic) bond motifs is 1. The molecule has 0 saturated carbocycles. The lowest BCUT2D eigenvalue weighted by atomic mass is 9.71. The van der Waals surface area contributed by atoms with E-state index in [9.17, 15) is 9.90 Å². The van der Waals surface area contributed by atoms with Gasteiger partial charge in [0, 0.05) is 25.9 Å². The van der Waals surface area contributed by atoms with Crippen molar-refractivity contribution in [3.63, 3.8) is 0 Å². The lowest BCUT2D eigenvalue weighted by Gasteiger charge is -2.34. The second kappa shape index (κ2) is 24.5. The molecular formula is C48H66N6O3. The molecule has 5 aromatic rings. The number of carbonyl (C=O) groups is 1. The summed E-state index contributed by atoms with van der Waals surface area (Å²) in [4.78, 5) is 16.1. The van der Waals surface area contributed by atoms with E-state index < -0.39 is 11.4 Å². The first kappa shape index (κ1) is 46.3. The number of hydrazine groups is 1. The van der Waals surface area contributed by atoms with Crippen molar-refractivity contribution in [2.45, 2.75) is 116 Å². The minimum absolute atomic E-state index is 0. The summed E-state index contributed by atoms with van der Waals surface area (Å²) in [5, 5.41) is 19.2. The van der Waals surface area contributed by atoms with Crippen molar-refractivity contribution in [3.8, 4) is 0 Å². The first-order chi connectivity index (χ1) is 27.5. The smallest absolute Gasteiger partial charge is 0.318 e. The summed E-state index contributed by atoms with van der Waals surface area (Å²) in [5.74, 6) is 10.4. The molecule has 5 N–H and O–H groups in total. The third-order valence-electron chi connectivity index (χ3n) is 11.1. The first-order valence-corrected chi connectivity index (χ1v) is 20.3. The monoisotopic (exact) mass is 775 g/mol. The van der Waals surface area contributed by atoms with Crippen LogP contribution in [0.4, 0.5) is 0 Å². The van der Waals surface area contributed by atoms with Gasteiger partial charge in [0.25, 0.3) is 0 Å². The third-order valence-corrected chi connectivity index (χ3v) is 11.1. The fourth-order valence-corrected chi connectivity index (χ4v) is 8.02. The van der Waals surface area contributed by atoms with Crippen LogP contribution in [0.25, 0.3) is 0 Å². The number of methoxy groups -OCH3 is 1. The molecule has 9 nitrogen and oxygen atoms in total. The highest BCUT2D eigenvalue weighted by atomic mass is 16.5. The number of hydrogen-bond acceptors (Lipinski definition) is 7. The second-order valence-corrected chi connectivity index (χ2v) is 14.2. The van der Waals surface area contributed by atoms with E-state index in [1.165, 1.54) is 62.5 Å². The molecule has 0 bridgehead atoms. The van der Waals surface area contributed by atoms with Crippen LogP contribution < -0.4 is 11.7 Å². The summed E-state index contributed by atoms with van der Waals surface area (Å²) < 4.78 is 7.50. The van der Waals surface area contributed by atoms with E-state index in [0.29, 0.717) is 6.42 Å². The van der Waals surface area contributed by atoms with Gasteiger partial charge in [0.1, 0.15) is 17.1 Å². The number of nitrogens with zero attached hydrogens (tertiary/aromatic N) is 4. The first-order valence-electron chi connectivity index (χ1n) is 20.3. The van der Waals surface area contributed by atoms with Gasteiger partial charge >= 0.3 is 5.97 Å². The number of ether oxygens (including phenoxy) is 1. The van der Waals surface area contributed by atoms with E-state index in [2.05, 4.69) is 93.9 Å². The molecule has 2 aliphatic heterocycles. The van der Waals surface area contributed by atoms with Crippen LogP contribution in [-0.2, 0) is 33.3 Å².